The van der Waals surface area contributed by atoms with Gasteiger partial charge < -0.3 is 0 Å². The SMILES string of the molecule is CN(Cc1cn(-c2ccccc2)nc1-c1ccccc1)Cn1nc(-c2cccnc2)n(C2CC2)c1=S. The molecule has 8 heteroatoms. The van der Waals surface area contributed by atoms with E-state index in [0.717, 1.165) is 51.5 Å². The molecular weight excluding hydrogens is 466 g/mol. The van der Waals surface area contributed by atoms with Crippen molar-refractivity contribution >= 4 is 12.2 Å². The second-order valence-corrected chi connectivity index (χ2v) is 9.62. The molecule has 1 saturated carbocycles. The van der Waals surface area contributed by atoms with Crippen LogP contribution in [0.2, 0.25) is 0 Å². The summed E-state index contributed by atoms with van der Waals surface area (Å²) in [6.07, 6.45) is 8.04. The van der Waals surface area contributed by atoms with Crippen LogP contribution in [0.1, 0.15) is 24.4 Å². The van der Waals surface area contributed by atoms with E-state index in [2.05, 4.69) is 52.0 Å². The third-order valence-corrected chi connectivity index (χ3v) is 6.78. The van der Waals surface area contributed by atoms with Gasteiger partial charge in [-0.25, -0.2) is 9.36 Å². The van der Waals surface area contributed by atoms with Crippen molar-refractivity contribution in [3.8, 4) is 28.3 Å². The van der Waals surface area contributed by atoms with Gasteiger partial charge in [0.25, 0.3) is 0 Å². The van der Waals surface area contributed by atoms with E-state index < -0.39 is 0 Å². The molecule has 180 valence electrons. The number of hydrogen-bond donors (Lipinski definition) is 0. The van der Waals surface area contributed by atoms with Crippen LogP contribution in [0, 0.1) is 4.77 Å². The minimum atomic E-state index is 0.431. The van der Waals surface area contributed by atoms with Gasteiger partial charge in [0.1, 0.15) is 0 Å². The van der Waals surface area contributed by atoms with Gasteiger partial charge >= 0.3 is 0 Å². The van der Waals surface area contributed by atoms with Crippen molar-refractivity contribution < 1.29 is 0 Å². The van der Waals surface area contributed by atoms with Crippen molar-refractivity contribution in [1.29, 1.82) is 0 Å². The largest absolute Gasteiger partial charge is 0.297 e. The zero-order valence-electron chi connectivity index (χ0n) is 20.1. The number of hydrogen-bond acceptors (Lipinski definition) is 5. The van der Waals surface area contributed by atoms with Crippen LogP contribution in [0.25, 0.3) is 28.3 Å². The minimum absolute atomic E-state index is 0.431. The van der Waals surface area contributed by atoms with Crippen molar-refractivity contribution in [2.24, 2.45) is 0 Å². The van der Waals surface area contributed by atoms with Crippen LogP contribution in [-0.4, -0.2) is 41.1 Å². The first-order valence-corrected chi connectivity index (χ1v) is 12.6. The zero-order valence-corrected chi connectivity index (χ0v) is 20.9. The molecule has 0 unspecified atom stereocenters. The van der Waals surface area contributed by atoms with Crippen molar-refractivity contribution in [1.82, 2.24) is 34.0 Å². The van der Waals surface area contributed by atoms with Crippen LogP contribution in [0.3, 0.4) is 0 Å². The van der Waals surface area contributed by atoms with E-state index in [9.17, 15) is 0 Å². The van der Waals surface area contributed by atoms with E-state index in [0.29, 0.717) is 19.3 Å². The fourth-order valence-corrected chi connectivity index (χ4v) is 4.85. The lowest BCUT2D eigenvalue weighted by molar-refractivity contribution is 0.244. The monoisotopic (exact) mass is 493 g/mol. The highest BCUT2D eigenvalue weighted by molar-refractivity contribution is 7.71. The van der Waals surface area contributed by atoms with Gasteiger partial charge in [0.05, 0.1) is 18.1 Å². The maximum Gasteiger partial charge on any atom is 0.199 e. The molecule has 0 amide bonds. The molecule has 1 fully saturated rings. The van der Waals surface area contributed by atoms with Crippen LogP contribution in [0.5, 0.6) is 0 Å². The molecule has 0 aliphatic heterocycles. The molecule has 36 heavy (non-hydrogen) atoms. The van der Waals surface area contributed by atoms with Crippen molar-refractivity contribution in [2.45, 2.75) is 32.1 Å². The summed E-state index contributed by atoms with van der Waals surface area (Å²) in [5, 5.41) is 9.88. The molecule has 6 rings (SSSR count). The van der Waals surface area contributed by atoms with E-state index in [1.807, 2.05) is 64.1 Å². The molecule has 0 saturated heterocycles. The molecule has 0 spiro atoms. The Morgan fingerprint density at radius 1 is 0.917 bits per heavy atom. The van der Waals surface area contributed by atoms with E-state index in [4.69, 9.17) is 22.4 Å². The number of rotatable bonds is 8. The number of benzene rings is 2. The van der Waals surface area contributed by atoms with E-state index in [1.165, 1.54) is 0 Å². The van der Waals surface area contributed by atoms with Gasteiger partial charge in [-0.2, -0.15) is 10.2 Å². The molecule has 0 atom stereocenters. The Morgan fingerprint density at radius 2 is 1.64 bits per heavy atom. The van der Waals surface area contributed by atoms with Gasteiger partial charge in [-0.3, -0.25) is 14.5 Å². The third-order valence-electron chi connectivity index (χ3n) is 6.38. The van der Waals surface area contributed by atoms with Crippen LogP contribution in [0.4, 0.5) is 0 Å². The molecule has 1 aliphatic rings. The second-order valence-electron chi connectivity index (χ2n) is 9.25. The van der Waals surface area contributed by atoms with Crippen LogP contribution in [-0.2, 0) is 13.2 Å². The fraction of sp³-hybridized carbons (Fsp3) is 0.214. The predicted molar refractivity (Wildman–Crippen MR) is 143 cm³/mol. The number of pyridine rings is 1. The first-order valence-electron chi connectivity index (χ1n) is 12.1. The smallest absolute Gasteiger partial charge is 0.199 e. The van der Waals surface area contributed by atoms with Gasteiger partial charge in [0.2, 0.25) is 0 Å². The Bertz CT molecular complexity index is 1520. The lowest BCUT2D eigenvalue weighted by Crippen LogP contribution is -2.22. The first kappa shape index (κ1) is 22.6. The Labute approximate surface area is 215 Å². The van der Waals surface area contributed by atoms with Crippen molar-refractivity contribution in [3.63, 3.8) is 0 Å². The quantitative estimate of drug-likeness (QED) is 0.258. The van der Waals surface area contributed by atoms with Gasteiger partial charge in [-0.15, -0.1) is 0 Å². The summed E-state index contributed by atoms with van der Waals surface area (Å²) in [5.74, 6) is 0.894. The highest BCUT2D eigenvalue weighted by Crippen LogP contribution is 2.38. The minimum Gasteiger partial charge on any atom is -0.297 e. The first-order chi connectivity index (χ1) is 17.7. The maximum absolute atomic E-state index is 5.88. The second kappa shape index (κ2) is 9.64. The topological polar surface area (TPSA) is 56.7 Å². The van der Waals surface area contributed by atoms with Gasteiger partial charge in [0, 0.05) is 47.9 Å². The number of nitrogens with zero attached hydrogens (tertiary/aromatic N) is 7. The summed E-state index contributed by atoms with van der Waals surface area (Å²) in [6.45, 7) is 1.29. The zero-order chi connectivity index (χ0) is 24.5. The summed E-state index contributed by atoms with van der Waals surface area (Å²) in [6, 6.07) is 25.0. The average Bonchev–Trinajstić information content (AvgIpc) is 3.59. The summed E-state index contributed by atoms with van der Waals surface area (Å²) >= 11 is 5.88. The van der Waals surface area contributed by atoms with E-state index in [-0.39, 0.29) is 0 Å². The Hall–Kier alpha value is -3.88. The van der Waals surface area contributed by atoms with Crippen molar-refractivity contribution in [3.05, 3.63) is 102 Å². The molecule has 1 aliphatic carbocycles. The summed E-state index contributed by atoms with van der Waals surface area (Å²) in [5.41, 5.74) is 5.26. The van der Waals surface area contributed by atoms with Gasteiger partial charge in [-0.1, -0.05) is 48.5 Å². The molecule has 7 nitrogen and oxygen atoms in total. The molecule has 0 bridgehead atoms. The van der Waals surface area contributed by atoms with Crippen LogP contribution in [0.15, 0.2) is 91.4 Å². The molecule has 5 aromatic rings. The molecular formula is C28H27N7S. The Balaban J connectivity index is 1.31. The van der Waals surface area contributed by atoms with Crippen LogP contribution < -0.4 is 0 Å². The van der Waals surface area contributed by atoms with Gasteiger partial charge in [-0.05, 0) is 56.4 Å². The fourth-order valence-electron chi connectivity index (χ4n) is 4.51. The average molecular weight is 494 g/mol. The molecule has 3 heterocycles. The van der Waals surface area contributed by atoms with E-state index in [1.54, 1.807) is 6.20 Å². The van der Waals surface area contributed by atoms with E-state index >= 15 is 0 Å². The molecule has 0 radical (unpaired) electrons. The summed E-state index contributed by atoms with van der Waals surface area (Å²) < 4.78 is 6.84. The lowest BCUT2D eigenvalue weighted by Gasteiger charge is -2.16. The summed E-state index contributed by atoms with van der Waals surface area (Å²) in [7, 11) is 2.09. The Morgan fingerprint density at radius 3 is 2.33 bits per heavy atom. The Kier molecular flexibility index (Phi) is 6.04. The molecule has 2 aromatic carbocycles. The third kappa shape index (κ3) is 4.53. The maximum atomic E-state index is 5.88. The molecule has 0 N–H and O–H groups in total. The lowest BCUT2D eigenvalue weighted by atomic mass is 10.1. The predicted octanol–water partition coefficient (Wildman–Crippen LogP) is 5.75. The summed E-state index contributed by atoms with van der Waals surface area (Å²) in [4.78, 5) is 6.52. The van der Waals surface area contributed by atoms with Gasteiger partial charge in [0.15, 0.2) is 10.6 Å². The van der Waals surface area contributed by atoms with Crippen molar-refractivity contribution in [2.75, 3.05) is 7.05 Å². The number of para-hydroxylation sites is 1. The van der Waals surface area contributed by atoms with Crippen LogP contribution >= 0.6 is 12.2 Å². The highest BCUT2D eigenvalue weighted by atomic mass is 32.1. The normalized spacial score (nSPS) is 13.4. The standard InChI is InChI=1S/C28H27N7S/c1-32(20-34-28(36)35(25-14-15-25)27(31-34)22-11-8-16-29-17-22)18-23-19-33(24-12-6-3-7-13-24)30-26(23)21-9-4-2-5-10-21/h2-13,16-17,19,25H,14-15,18,20H2,1H3. The molecule has 3 aromatic heterocycles. The number of aromatic nitrogens is 6. The highest BCUT2D eigenvalue weighted by Gasteiger charge is 2.29.